The average molecular weight is 231 g/mol. The summed E-state index contributed by atoms with van der Waals surface area (Å²) in [5.74, 6) is 4.54. The van der Waals surface area contributed by atoms with Crippen molar-refractivity contribution in [2.45, 2.75) is 32.3 Å². The minimum absolute atomic E-state index is 0.308. The number of nitrogens with two attached hydrogens (primary N) is 1. The third-order valence-corrected chi connectivity index (χ3v) is 2.67. The molecule has 1 fully saturated rings. The summed E-state index contributed by atoms with van der Waals surface area (Å²) < 4.78 is 5.58. The molecule has 0 amide bonds. The van der Waals surface area contributed by atoms with Crippen LogP contribution in [0, 0.1) is 0 Å². The Morgan fingerprint density at radius 2 is 2.44 bits per heavy atom. The molecular formula is C10H21N3O3. The molecule has 3 N–H and O–H groups in total. The van der Waals surface area contributed by atoms with Crippen molar-refractivity contribution < 1.29 is 14.4 Å². The van der Waals surface area contributed by atoms with Crippen molar-refractivity contribution in [3.63, 3.8) is 0 Å². The summed E-state index contributed by atoms with van der Waals surface area (Å²) in [7, 11) is 0. The summed E-state index contributed by atoms with van der Waals surface area (Å²) in [6, 6.07) is 0. The Morgan fingerprint density at radius 1 is 1.62 bits per heavy atom. The topological polar surface area (TPSA) is 76.8 Å². The van der Waals surface area contributed by atoms with E-state index >= 15 is 0 Å². The molecule has 1 atom stereocenters. The van der Waals surface area contributed by atoms with E-state index in [0.29, 0.717) is 19.1 Å². The van der Waals surface area contributed by atoms with Gasteiger partial charge in [-0.2, -0.15) is 0 Å². The summed E-state index contributed by atoms with van der Waals surface area (Å²) in [5, 5.41) is 0. The van der Waals surface area contributed by atoms with Crippen LogP contribution in [0.4, 0.5) is 0 Å². The molecule has 1 aliphatic heterocycles. The smallest absolute Gasteiger partial charge is 0.327 e. The number of hydrogen-bond acceptors (Lipinski definition) is 6. The van der Waals surface area contributed by atoms with Crippen LogP contribution >= 0.6 is 0 Å². The molecule has 1 aliphatic rings. The lowest BCUT2D eigenvalue weighted by Gasteiger charge is -2.32. The minimum Gasteiger partial charge on any atom is -0.377 e. The van der Waals surface area contributed by atoms with Crippen molar-refractivity contribution in [1.29, 1.82) is 0 Å². The van der Waals surface area contributed by atoms with Crippen molar-refractivity contribution in [1.82, 2.24) is 10.5 Å². The average Bonchev–Trinajstić information content (AvgIpc) is 2.28. The van der Waals surface area contributed by atoms with Gasteiger partial charge in [-0.05, 0) is 26.3 Å². The van der Waals surface area contributed by atoms with E-state index in [2.05, 4.69) is 9.74 Å². The maximum absolute atomic E-state index is 11.1. The van der Waals surface area contributed by atoms with Gasteiger partial charge in [0.25, 0.3) is 0 Å². The highest BCUT2D eigenvalue weighted by Gasteiger charge is 2.20. The van der Waals surface area contributed by atoms with Crippen molar-refractivity contribution >= 4 is 5.97 Å². The van der Waals surface area contributed by atoms with Crippen LogP contribution in [0.25, 0.3) is 0 Å². The van der Waals surface area contributed by atoms with Crippen LogP contribution in [0.15, 0.2) is 0 Å². The standard InChI is InChI=1S/C10H21N3O3/c1-2-15-9-4-3-6-13(8-9)7-5-10(14)16-12-11/h9,12H,2-8,11H2,1H3. The number of nitrogens with zero attached hydrogens (tertiary/aromatic N) is 1. The Kier molecular flexibility index (Phi) is 6.32. The van der Waals surface area contributed by atoms with Gasteiger partial charge in [0.05, 0.1) is 12.5 Å². The fourth-order valence-corrected chi connectivity index (χ4v) is 1.95. The second-order valence-electron chi connectivity index (χ2n) is 3.86. The highest BCUT2D eigenvalue weighted by molar-refractivity contribution is 5.69. The fraction of sp³-hybridized carbons (Fsp3) is 0.900. The second kappa shape index (κ2) is 7.56. The Labute approximate surface area is 96.0 Å². The third kappa shape index (κ3) is 4.89. The van der Waals surface area contributed by atoms with Crippen molar-refractivity contribution in [2.75, 3.05) is 26.2 Å². The van der Waals surface area contributed by atoms with Gasteiger partial charge in [-0.15, -0.1) is 0 Å². The van der Waals surface area contributed by atoms with Gasteiger partial charge in [-0.3, -0.25) is 4.79 Å². The molecule has 1 saturated heterocycles. The quantitative estimate of drug-likeness (QED) is 0.487. The first-order valence-corrected chi connectivity index (χ1v) is 5.75. The van der Waals surface area contributed by atoms with Crippen LogP contribution in [0.1, 0.15) is 26.2 Å². The van der Waals surface area contributed by atoms with Crippen LogP contribution < -0.4 is 11.4 Å². The highest BCUT2D eigenvalue weighted by atomic mass is 16.7. The van der Waals surface area contributed by atoms with Crippen molar-refractivity contribution in [3.05, 3.63) is 0 Å². The molecule has 0 aromatic heterocycles. The van der Waals surface area contributed by atoms with Crippen LogP contribution in [-0.4, -0.2) is 43.2 Å². The molecular weight excluding hydrogens is 210 g/mol. The van der Waals surface area contributed by atoms with E-state index in [0.717, 1.165) is 32.5 Å². The zero-order chi connectivity index (χ0) is 11.8. The Balaban J connectivity index is 2.18. The second-order valence-corrected chi connectivity index (χ2v) is 3.86. The van der Waals surface area contributed by atoms with E-state index in [1.165, 1.54) is 0 Å². The molecule has 0 saturated carbocycles. The predicted molar refractivity (Wildman–Crippen MR) is 59.1 cm³/mol. The number of carbonyl (C=O) groups is 1. The van der Waals surface area contributed by atoms with Gasteiger partial charge in [0.15, 0.2) is 0 Å². The first-order chi connectivity index (χ1) is 7.76. The van der Waals surface area contributed by atoms with Gasteiger partial charge in [0, 0.05) is 19.7 Å². The first kappa shape index (κ1) is 13.4. The van der Waals surface area contributed by atoms with E-state index in [9.17, 15) is 4.79 Å². The molecule has 0 bridgehead atoms. The lowest BCUT2D eigenvalue weighted by atomic mass is 10.1. The van der Waals surface area contributed by atoms with Gasteiger partial charge >= 0.3 is 5.97 Å². The monoisotopic (exact) mass is 231 g/mol. The largest absolute Gasteiger partial charge is 0.377 e. The zero-order valence-corrected chi connectivity index (χ0v) is 9.78. The number of piperidine rings is 1. The van der Waals surface area contributed by atoms with Crippen molar-refractivity contribution in [3.8, 4) is 0 Å². The van der Waals surface area contributed by atoms with Crippen molar-refractivity contribution in [2.24, 2.45) is 5.84 Å². The Morgan fingerprint density at radius 3 is 3.12 bits per heavy atom. The normalized spacial score (nSPS) is 22.0. The molecule has 1 unspecified atom stereocenters. The zero-order valence-electron chi connectivity index (χ0n) is 9.78. The first-order valence-electron chi connectivity index (χ1n) is 5.75. The lowest BCUT2D eigenvalue weighted by molar-refractivity contribution is -0.151. The number of hydrogen-bond donors (Lipinski definition) is 2. The van der Waals surface area contributed by atoms with Gasteiger partial charge in [0.1, 0.15) is 0 Å². The predicted octanol–water partition coefficient (Wildman–Crippen LogP) is -0.201. The number of rotatable bonds is 6. The Bertz CT molecular complexity index is 211. The molecule has 6 nitrogen and oxygen atoms in total. The summed E-state index contributed by atoms with van der Waals surface area (Å²) in [6.07, 6.45) is 2.89. The molecule has 16 heavy (non-hydrogen) atoms. The molecule has 0 spiro atoms. The molecule has 0 aromatic rings. The summed E-state index contributed by atoms with van der Waals surface area (Å²) in [6.45, 7) is 5.37. The van der Waals surface area contributed by atoms with Gasteiger partial charge < -0.3 is 14.5 Å². The summed E-state index contributed by atoms with van der Waals surface area (Å²) in [5.41, 5.74) is 1.89. The van der Waals surface area contributed by atoms with Crippen LogP contribution in [-0.2, 0) is 14.4 Å². The number of nitrogens with one attached hydrogen (secondary N) is 1. The maximum atomic E-state index is 11.1. The van der Waals surface area contributed by atoms with Gasteiger partial charge in [0.2, 0.25) is 0 Å². The van der Waals surface area contributed by atoms with Gasteiger partial charge in [-0.25, -0.2) is 5.84 Å². The third-order valence-electron chi connectivity index (χ3n) is 2.67. The molecule has 1 heterocycles. The van der Waals surface area contributed by atoms with E-state index < -0.39 is 0 Å². The molecule has 0 radical (unpaired) electrons. The fourth-order valence-electron chi connectivity index (χ4n) is 1.95. The lowest BCUT2D eigenvalue weighted by Crippen LogP contribution is -2.41. The van der Waals surface area contributed by atoms with Crippen LogP contribution in [0.2, 0.25) is 0 Å². The molecule has 6 heteroatoms. The minimum atomic E-state index is -0.332. The Hall–Kier alpha value is -0.690. The van der Waals surface area contributed by atoms with E-state index in [1.54, 1.807) is 0 Å². The van der Waals surface area contributed by atoms with E-state index in [4.69, 9.17) is 10.6 Å². The number of hydrazine groups is 1. The summed E-state index contributed by atoms with van der Waals surface area (Å²) in [4.78, 5) is 17.7. The number of carbonyl (C=O) groups excluding carboxylic acids is 1. The van der Waals surface area contributed by atoms with Gasteiger partial charge in [-0.1, -0.05) is 5.59 Å². The number of ether oxygens (including phenoxy) is 1. The molecule has 0 aromatic carbocycles. The molecule has 94 valence electrons. The van der Waals surface area contributed by atoms with Crippen LogP contribution in [0.3, 0.4) is 0 Å². The highest BCUT2D eigenvalue weighted by Crippen LogP contribution is 2.13. The molecule has 0 aliphatic carbocycles. The van der Waals surface area contributed by atoms with Crippen LogP contribution in [0.5, 0.6) is 0 Å². The van der Waals surface area contributed by atoms with E-state index in [-0.39, 0.29) is 5.97 Å². The molecule has 1 rings (SSSR count). The summed E-state index contributed by atoms with van der Waals surface area (Å²) >= 11 is 0. The van der Waals surface area contributed by atoms with E-state index in [1.807, 2.05) is 12.5 Å². The number of likely N-dealkylation sites (tertiary alicyclic amines) is 1. The maximum Gasteiger partial charge on any atom is 0.327 e. The SMILES string of the molecule is CCOC1CCCN(CCC(=O)ONN)C1.